The molecule has 32 heavy (non-hydrogen) atoms. The zero-order valence-electron chi connectivity index (χ0n) is 18.2. The maximum Gasteiger partial charge on any atom is 0.250 e. The first-order valence-corrected chi connectivity index (χ1v) is 11.2. The fraction of sp³-hybridized carbons (Fsp3) is 0.308. The molecule has 6 nitrogen and oxygen atoms in total. The Kier molecular flexibility index (Phi) is 5.77. The van der Waals surface area contributed by atoms with Crippen molar-refractivity contribution in [3.05, 3.63) is 71.9 Å². The second-order valence-corrected chi connectivity index (χ2v) is 8.16. The van der Waals surface area contributed by atoms with Gasteiger partial charge in [0.25, 0.3) is 0 Å². The quantitative estimate of drug-likeness (QED) is 0.519. The molecule has 0 radical (unpaired) electrons. The molecule has 5 rings (SSSR count). The van der Waals surface area contributed by atoms with Crippen molar-refractivity contribution >= 4 is 11.7 Å². The summed E-state index contributed by atoms with van der Waals surface area (Å²) in [5.41, 5.74) is 4.05. The molecule has 0 saturated heterocycles. The third-order valence-corrected chi connectivity index (χ3v) is 6.05. The predicted molar refractivity (Wildman–Crippen MR) is 124 cm³/mol. The molecule has 1 aromatic heterocycles. The van der Waals surface area contributed by atoms with Crippen molar-refractivity contribution in [1.82, 2.24) is 10.3 Å². The molecule has 164 valence electrons. The van der Waals surface area contributed by atoms with Crippen LogP contribution >= 0.6 is 0 Å². The summed E-state index contributed by atoms with van der Waals surface area (Å²) in [6.45, 7) is 3.69. The highest BCUT2D eigenvalue weighted by molar-refractivity contribution is 6.05. The summed E-state index contributed by atoms with van der Waals surface area (Å²) in [6.07, 6.45) is 4.94. The summed E-state index contributed by atoms with van der Waals surface area (Å²) in [6, 6.07) is 17.6. The van der Waals surface area contributed by atoms with E-state index in [4.69, 9.17) is 9.47 Å². The van der Waals surface area contributed by atoms with E-state index in [0.29, 0.717) is 13.1 Å². The van der Waals surface area contributed by atoms with Crippen molar-refractivity contribution in [2.75, 3.05) is 18.2 Å². The SMILES string of the molecule is CCCCCN1C(=O)C(NCc2ccccc2)c2c(-c3ccc4c(c3)OCO4)ccnc21. The largest absolute Gasteiger partial charge is 0.454 e. The average molecular weight is 430 g/mol. The molecule has 1 N–H and O–H groups in total. The number of fused-ring (bicyclic) bond motifs is 2. The average Bonchev–Trinajstić information content (AvgIpc) is 3.40. The minimum Gasteiger partial charge on any atom is -0.454 e. The van der Waals surface area contributed by atoms with Gasteiger partial charge in [0.2, 0.25) is 12.7 Å². The van der Waals surface area contributed by atoms with Crippen LogP contribution in [0.2, 0.25) is 0 Å². The van der Waals surface area contributed by atoms with Gasteiger partial charge in [-0.2, -0.15) is 0 Å². The molecular formula is C26H27N3O3. The molecule has 0 fully saturated rings. The van der Waals surface area contributed by atoms with Crippen LogP contribution in [0.25, 0.3) is 11.1 Å². The molecule has 1 unspecified atom stereocenters. The Morgan fingerprint density at radius 1 is 1.06 bits per heavy atom. The van der Waals surface area contributed by atoms with Crippen molar-refractivity contribution in [2.24, 2.45) is 0 Å². The lowest BCUT2D eigenvalue weighted by atomic mass is 9.97. The minimum absolute atomic E-state index is 0.0627. The second kappa shape index (κ2) is 9.01. The highest BCUT2D eigenvalue weighted by Crippen LogP contribution is 2.43. The molecule has 2 aliphatic rings. The van der Waals surface area contributed by atoms with E-state index in [0.717, 1.165) is 58.8 Å². The molecule has 6 heteroatoms. The molecule has 0 spiro atoms. The van der Waals surface area contributed by atoms with Gasteiger partial charge >= 0.3 is 0 Å². The van der Waals surface area contributed by atoms with Gasteiger partial charge in [-0.15, -0.1) is 0 Å². The Balaban J connectivity index is 1.52. The number of nitrogens with one attached hydrogen (secondary N) is 1. The number of aromatic nitrogens is 1. The number of amides is 1. The monoisotopic (exact) mass is 429 g/mol. The summed E-state index contributed by atoms with van der Waals surface area (Å²) < 4.78 is 11.1. The van der Waals surface area contributed by atoms with Crippen molar-refractivity contribution < 1.29 is 14.3 Å². The van der Waals surface area contributed by atoms with E-state index in [9.17, 15) is 4.79 Å². The number of carbonyl (C=O) groups is 1. The van der Waals surface area contributed by atoms with Gasteiger partial charge < -0.3 is 9.47 Å². The van der Waals surface area contributed by atoms with Crippen LogP contribution in [0, 0.1) is 0 Å². The molecule has 0 aliphatic carbocycles. The maximum absolute atomic E-state index is 13.5. The Labute approximate surface area is 188 Å². The normalized spacial score (nSPS) is 16.5. The fourth-order valence-corrected chi connectivity index (χ4v) is 4.40. The number of anilines is 1. The third-order valence-electron chi connectivity index (χ3n) is 6.05. The fourth-order valence-electron chi connectivity index (χ4n) is 4.40. The van der Waals surface area contributed by atoms with Crippen LogP contribution in [0.15, 0.2) is 60.8 Å². The van der Waals surface area contributed by atoms with E-state index in [2.05, 4.69) is 29.4 Å². The van der Waals surface area contributed by atoms with Gasteiger partial charge in [-0.1, -0.05) is 56.2 Å². The van der Waals surface area contributed by atoms with Crippen LogP contribution < -0.4 is 19.7 Å². The number of unbranched alkanes of at least 4 members (excludes halogenated alkanes) is 2. The van der Waals surface area contributed by atoms with Gasteiger partial charge in [0, 0.05) is 24.8 Å². The Hall–Kier alpha value is -3.38. The van der Waals surface area contributed by atoms with Crippen molar-refractivity contribution in [1.29, 1.82) is 0 Å². The van der Waals surface area contributed by atoms with E-state index >= 15 is 0 Å². The van der Waals surface area contributed by atoms with Gasteiger partial charge in [-0.05, 0) is 41.3 Å². The predicted octanol–water partition coefficient (Wildman–Crippen LogP) is 4.85. The summed E-state index contributed by atoms with van der Waals surface area (Å²) in [5, 5.41) is 3.50. The highest BCUT2D eigenvalue weighted by Gasteiger charge is 2.40. The first-order valence-electron chi connectivity index (χ1n) is 11.2. The van der Waals surface area contributed by atoms with Crippen LogP contribution in [-0.4, -0.2) is 24.2 Å². The zero-order chi connectivity index (χ0) is 21.9. The van der Waals surface area contributed by atoms with Gasteiger partial charge in [-0.25, -0.2) is 4.98 Å². The number of pyridine rings is 1. The van der Waals surface area contributed by atoms with Crippen molar-refractivity contribution in [2.45, 2.75) is 38.8 Å². The first kappa shape index (κ1) is 20.5. The van der Waals surface area contributed by atoms with Crippen LogP contribution in [0.4, 0.5) is 5.82 Å². The number of benzene rings is 2. The molecule has 3 heterocycles. The van der Waals surface area contributed by atoms with Gasteiger partial charge in [-0.3, -0.25) is 15.0 Å². The summed E-state index contributed by atoms with van der Waals surface area (Å²) in [7, 11) is 0. The summed E-state index contributed by atoms with van der Waals surface area (Å²) in [4.78, 5) is 20.0. The minimum atomic E-state index is -0.444. The van der Waals surface area contributed by atoms with Crippen LogP contribution in [0.1, 0.15) is 43.4 Å². The molecule has 1 amide bonds. The molecule has 0 bridgehead atoms. The van der Waals surface area contributed by atoms with Crippen molar-refractivity contribution in [3.8, 4) is 22.6 Å². The first-order chi connectivity index (χ1) is 15.8. The second-order valence-electron chi connectivity index (χ2n) is 8.16. The number of hydrogen-bond donors (Lipinski definition) is 1. The number of ether oxygens (including phenoxy) is 2. The van der Waals surface area contributed by atoms with Crippen molar-refractivity contribution in [3.63, 3.8) is 0 Å². The molecule has 1 atom stereocenters. The smallest absolute Gasteiger partial charge is 0.250 e. The number of carbonyl (C=O) groups excluding carboxylic acids is 1. The molecule has 0 saturated carbocycles. The van der Waals surface area contributed by atoms with Crippen LogP contribution in [0.5, 0.6) is 11.5 Å². The summed E-state index contributed by atoms with van der Waals surface area (Å²) >= 11 is 0. The Bertz CT molecular complexity index is 1120. The Morgan fingerprint density at radius 3 is 2.75 bits per heavy atom. The molecule has 3 aromatic rings. The van der Waals surface area contributed by atoms with Crippen LogP contribution in [-0.2, 0) is 11.3 Å². The zero-order valence-corrected chi connectivity index (χ0v) is 18.2. The standard InChI is InChI=1S/C26H27N3O3/c1-2-3-7-14-29-25-23(24(26(29)30)28-16-18-8-5-4-6-9-18)20(12-13-27-25)19-10-11-21-22(15-19)32-17-31-21/h4-6,8-13,15,24,28H,2-3,7,14,16-17H2,1H3. The van der Waals surface area contributed by atoms with Gasteiger partial charge in [0.15, 0.2) is 11.5 Å². The van der Waals surface area contributed by atoms with Gasteiger partial charge in [0.05, 0.1) is 0 Å². The van der Waals surface area contributed by atoms with Gasteiger partial charge in [0.1, 0.15) is 11.9 Å². The lowest BCUT2D eigenvalue weighted by Crippen LogP contribution is -2.35. The molecule has 2 aliphatic heterocycles. The lowest BCUT2D eigenvalue weighted by molar-refractivity contribution is -0.120. The van der Waals surface area contributed by atoms with Crippen LogP contribution in [0.3, 0.4) is 0 Å². The molecular weight excluding hydrogens is 402 g/mol. The summed E-state index contributed by atoms with van der Waals surface area (Å²) in [5.74, 6) is 2.29. The van der Waals surface area contributed by atoms with E-state index in [1.807, 2.05) is 47.4 Å². The lowest BCUT2D eigenvalue weighted by Gasteiger charge is -2.17. The number of hydrogen-bond acceptors (Lipinski definition) is 5. The highest BCUT2D eigenvalue weighted by atomic mass is 16.7. The van der Waals surface area contributed by atoms with E-state index in [1.54, 1.807) is 6.20 Å². The van der Waals surface area contributed by atoms with E-state index < -0.39 is 6.04 Å². The Morgan fingerprint density at radius 2 is 1.91 bits per heavy atom. The van der Waals surface area contributed by atoms with E-state index in [-0.39, 0.29) is 12.7 Å². The molecule has 2 aromatic carbocycles. The topological polar surface area (TPSA) is 63.7 Å². The number of rotatable bonds is 8. The third kappa shape index (κ3) is 3.82. The number of nitrogens with zero attached hydrogens (tertiary/aromatic N) is 2. The van der Waals surface area contributed by atoms with E-state index in [1.165, 1.54) is 0 Å². The maximum atomic E-state index is 13.5.